The van der Waals surface area contributed by atoms with Crippen LogP contribution in [0.3, 0.4) is 0 Å². The van der Waals surface area contributed by atoms with Crippen LogP contribution < -0.4 is 5.73 Å². The molecule has 0 unspecified atom stereocenters. The summed E-state index contributed by atoms with van der Waals surface area (Å²) < 4.78 is 5.64. The molecule has 0 fully saturated rings. The van der Waals surface area contributed by atoms with Crippen LogP contribution in [-0.4, -0.2) is 11.6 Å². The van der Waals surface area contributed by atoms with Crippen molar-refractivity contribution in [3.05, 3.63) is 15.3 Å². The van der Waals surface area contributed by atoms with Crippen LogP contribution in [0.15, 0.2) is 6.07 Å². The third kappa shape index (κ3) is 2.89. The summed E-state index contributed by atoms with van der Waals surface area (Å²) in [7, 11) is 0. The Morgan fingerprint density at radius 3 is 2.50 bits per heavy atom. The van der Waals surface area contributed by atoms with E-state index >= 15 is 0 Å². The van der Waals surface area contributed by atoms with Gasteiger partial charge in [-0.05, 0) is 26.8 Å². The second-order valence-corrected chi connectivity index (χ2v) is 5.52. The molecule has 0 bridgehead atoms. The summed E-state index contributed by atoms with van der Waals surface area (Å²) in [5.41, 5.74) is 5.44. The molecule has 14 heavy (non-hydrogen) atoms. The fraction of sp³-hybridized carbons (Fsp3) is 0.444. The lowest BCUT2D eigenvalue weighted by Gasteiger charge is -2.18. The van der Waals surface area contributed by atoms with E-state index in [4.69, 9.17) is 22.1 Å². The molecule has 0 amide bonds. The van der Waals surface area contributed by atoms with Gasteiger partial charge in [0, 0.05) is 0 Å². The molecule has 1 aromatic heterocycles. The molecule has 5 heteroatoms. The number of esters is 1. The van der Waals surface area contributed by atoms with Crippen LogP contribution in [0.4, 0.5) is 5.69 Å². The van der Waals surface area contributed by atoms with Gasteiger partial charge in [-0.3, -0.25) is 0 Å². The molecule has 0 atom stereocenters. The Morgan fingerprint density at radius 1 is 1.57 bits per heavy atom. The van der Waals surface area contributed by atoms with Gasteiger partial charge in [0.05, 0.1) is 10.0 Å². The zero-order valence-electron chi connectivity index (χ0n) is 8.26. The van der Waals surface area contributed by atoms with Crippen LogP contribution in [0.25, 0.3) is 0 Å². The highest BCUT2D eigenvalue weighted by Crippen LogP contribution is 2.30. The molecule has 1 heterocycles. The predicted molar refractivity (Wildman–Crippen MR) is 58.9 cm³/mol. The van der Waals surface area contributed by atoms with Crippen molar-refractivity contribution in [2.24, 2.45) is 0 Å². The topological polar surface area (TPSA) is 52.3 Å². The molecule has 0 aliphatic heterocycles. The van der Waals surface area contributed by atoms with Crippen molar-refractivity contribution in [2.75, 3.05) is 5.73 Å². The number of anilines is 1. The number of halogens is 1. The lowest BCUT2D eigenvalue weighted by molar-refractivity contribution is 0.00764. The van der Waals surface area contributed by atoms with Crippen molar-refractivity contribution in [3.8, 4) is 0 Å². The molecule has 2 N–H and O–H groups in total. The van der Waals surface area contributed by atoms with Gasteiger partial charge in [0.2, 0.25) is 0 Å². The fourth-order valence-electron chi connectivity index (χ4n) is 0.858. The first-order valence-corrected chi connectivity index (χ1v) is 5.27. The van der Waals surface area contributed by atoms with Gasteiger partial charge >= 0.3 is 5.97 Å². The SMILES string of the molecule is CC(C)(C)OC(=O)c1sc(Cl)cc1N. The second-order valence-electron chi connectivity index (χ2n) is 3.84. The van der Waals surface area contributed by atoms with Crippen LogP contribution in [0.2, 0.25) is 4.34 Å². The van der Waals surface area contributed by atoms with E-state index in [0.717, 1.165) is 11.3 Å². The van der Waals surface area contributed by atoms with E-state index in [9.17, 15) is 4.79 Å². The molecular weight excluding hydrogens is 222 g/mol. The van der Waals surface area contributed by atoms with Crippen LogP contribution in [0.5, 0.6) is 0 Å². The largest absolute Gasteiger partial charge is 0.456 e. The van der Waals surface area contributed by atoms with Gasteiger partial charge in [0.15, 0.2) is 0 Å². The van der Waals surface area contributed by atoms with E-state index in [1.807, 2.05) is 0 Å². The summed E-state index contributed by atoms with van der Waals surface area (Å²) >= 11 is 6.84. The smallest absolute Gasteiger partial charge is 0.351 e. The number of nitrogens with two attached hydrogens (primary N) is 1. The summed E-state index contributed by atoms with van der Waals surface area (Å²) in [5, 5.41) is 0. The quantitative estimate of drug-likeness (QED) is 0.759. The Labute approximate surface area is 91.8 Å². The maximum Gasteiger partial charge on any atom is 0.351 e. The monoisotopic (exact) mass is 233 g/mol. The van der Waals surface area contributed by atoms with Crippen molar-refractivity contribution in [2.45, 2.75) is 26.4 Å². The molecule has 0 saturated carbocycles. The Bertz CT molecular complexity index is 354. The average molecular weight is 234 g/mol. The average Bonchev–Trinajstić information content (AvgIpc) is 2.26. The van der Waals surface area contributed by atoms with Gasteiger partial charge in [-0.15, -0.1) is 11.3 Å². The first-order valence-electron chi connectivity index (χ1n) is 4.08. The minimum atomic E-state index is -0.514. The van der Waals surface area contributed by atoms with E-state index < -0.39 is 11.6 Å². The van der Waals surface area contributed by atoms with Gasteiger partial charge in [0.25, 0.3) is 0 Å². The Hall–Kier alpha value is -0.740. The number of rotatable bonds is 1. The number of carbonyl (C=O) groups is 1. The first kappa shape index (κ1) is 11.3. The Morgan fingerprint density at radius 2 is 2.14 bits per heavy atom. The van der Waals surface area contributed by atoms with Gasteiger partial charge in [-0.25, -0.2) is 4.79 Å². The third-order valence-electron chi connectivity index (χ3n) is 1.32. The molecule has 0 aromatic carbocycles. The van der Waals surface area contributed by atoms with Crippen LogP contribution in [0, 0.1) is 0 Å². The number of nitrogen functional groups attached to an aromatic ring is 1. The van der Waals surface area contributed by atoms with E-state index in [0.29, 0.717) is 14.9 Å². The summed E-state index contributed by atoms with van der Waals surface area (Å²) in [6.07, 6.45) is 0. The Balaban J connectivity index is 2.85. The summed E-state index contributed by atoms with van der Waals surface area (Å²) in [6.45, 7) is 5.41. The minimum absolute atomic E-state index is 0.366. The zero-order valence-corrected chi connectivity index (χ0v) is 9.83. The predicted octanol–water partition coefficient (Wildman–Crippen LogP) is 2.94. The van der Waals surface area contributed by atoms with Crippen LogP contribution in [-0.2, 0) is 4.74 Å². The minimum Gasteiger partial charge on any atom is -0.456 e. The molecule has 1 aromatic rings. The molecule has 0 saturated heterocycles. The summed E-state index contributed by atoms with van der Waals surface area (Å²) in [6, 6.07) is 1.55. The number of ether oxygens (including phenoxy) is 1. The van der Waals surface area contributed by atoms with E-state index in [1.165, 1.54) is 0 Å². The second kappa shape index (κ2) is 3.79. The molecule has 0 aliphatic carbocycles. The number of thiophene rings is 1. The number of hydrogen-bond acceptors (Lipinski definition) is 4. The van der Waals surface area contributed by atoms with Crippen molar-refractivity contribution in [1.82, 2.24) is 0 Å². The molecule has 78 valence electrons. The van der Waals surface area contributed by atoms with Gasteiger partial charge in [-0.1, -0.05) is 11.6 Å². The molecule has 1 rings (SSSR count). The molecule has 0 aliphatic rings. The van der Waals surface area contributed by atoms with E-state index in [2.05, 4.69) is 0 Å². The standard InChI is InChI=1S/C9H12ClNO2S/c1-9(2,3)13-8(12)7-5(11)4-6(10)14-7/h4H,11H2,1-3H3. The first-order chi connectivity index (χ1) is 6.29. The zero-order chi connectivity index (χ0) is 10.9. The third-order valence-corrected chi connectivity index (χ3v) is 2.57. The Kier molecular flexibility index (Phi) is 3.07. The van der Waals surface area contributed by atoms with Crippen molar-refractivity contribution in [1.29, 1.82) is 0 Å². The van der Waals surface area contributed by atoms with E-state index in [-0.39, 0.29) is 0 Å². The van der Waals surface area contributed by atoms with Crippen molar-refractivity contribution < 1.29 is 9.53 Å². The van der Waals surface area contributed by atoms with Gasteiger partial charge < -0.3 is 10.5 Å². The maximum atomic E-state index is 11.5. The molecule has 0 spiro atoms. The number of hydrogen-bond donors (Lipinski definition) is 1. The van der Waals surface area contributed by atoms with E-state index in [1.54, 1.807) is 26.8 Å². The van der Waals surface area contributed by atoms with Crippen molar-refractivity contribution in [3.63, 3.8) is 0 Å². The molecule has 0 radical (unpaired) electrons. The summed E-state index contributed by atoms with van der Waals surface area (Å²) in [5.74, 6) is -0.424. The molecular formula is C9H12ClNO2S. The number of carbonyl (C=O) groups excluding carboxylic acids is 1. The highest BCUT2D eigenvalue weighted by atomic mass is 35.5. The van der Waals surface area contributed by atoms with Crippen LogP contribution >= 0.6 is 22.9 Å². The van der Waals surface area contributed by atoms with Crippen LogP contribution in [0.1, 0.15) is 30.4 Å². The highest BCUT2D eigenvalue weighted by molar-refractivity contribution is 7.18. The molecule has 3 nitrogen and oxygen atoms in total. The highest BCUT2D eigenvalue weighted by Gasteiger charge is 2.21. The lowest BCUT2D eigenvalue weighted by atomic mass is 10.2. The lowest BCUT2D eigenvalue weighted by Crippen LogP contribution is -2.23. The van der Waals surface area contributed by atoms with Crippen molar-refractivity contribution >= 4 is 34.6 Å². The fourth-order valence-corrected chi connectivity index (χ4v) is 1.89. The van der Waals surface area contributed by atoms with Gasteiger partial charge in [0.1, 0.15) is 10.5 Å². The van der Waals surface area contributed by atoms with Gasteiger partial charge in [-0.2, -0.15) is 0 Å². The normalized spacial score (nSPS) is 11.4. The summed E-state index contributed by atoms with van der Waals surface area (Å²) in [4.78, 5) is 11.9. The maximum absolute atomic E-state index is 11.5.